The molecule has 0 aliphatic carbocycles. The number of methoxy groups -OCH3 is 1. The second kappa shape index (κ2) is 6.69. The summed E-state index contributed by atoms with van der Waals surface area (Å²) in [4.78, 5) is 20.4. The zero-order valence-electron chi connectivity index (χ0n) is 13.5. The number of aromatic nitrogens is 1. The van der Waals surface area contributed by atoms with Crippen LogP contribution in [0.2, 0.25) is 0 Å². The van der Waals surface area contributed by atoms with E-state index in [4.69, 9.17) is 4.74 Å². The van der Waals surface area contributed by atoms with Gasteiger partial charge in [-0.1, -0.05) is 18.2 Å². The van der Waals surface area contributed by atoms with E-state index in [0.29, 0.717) is 6.54 Å². The first-order valence-electron chi connectivity index (χ1n) is 7.76. The largest absolute Gasteiger partial charge is 0.496 e. The number of carbonyl (C=O) groups is 1. The Morgan fingerprint density at radius 1 is 1.17 bits per heavy atom. The van der Waals surface area contributed by atoms with Crippen molar-refractivity contribution >= 4 is 11.6 Å². The maximum Gasteiger partial charge on any atom is 0.220 e. The van der Waals surface area contributed by atoms with Gasteiger partial charge < -0.3 is 14.5 Å². The Kier molecular flexibility index (Phi) is 4.46. The maximum absolute atomic E-state index is 12.1. The van der Waals surface area contributed by atoms with Crippen LogP contribution in [0.1, 0.15) is 18.5 Å². The van der Waals surface area contributed by atoms with Gasteiger partial charge in [0.1, 0.15) is 5.75 Å². The Labute approximate surface area is 136 Å². The van der Waals surface area contributed by atoms with Crippen LogP contribution in [-0.4, -0.2) is 42.5 Å². The van der Waals surface area contributed by atoms with Crippen molar-refractivity contribution in [1.82, 2.24) is 9.88 Å². The van der Waals surface area contributed by atoms with E-state index in [1.165, 1.54) is 0 Å². The molecule has 1 saturated heterocycles. The van der Waals surface area contributed by atoms with Gasteiger partial charge >= 0.3 is 0 Å². The Balaban J connectivity index is 1.94. The highest BCUT2D eigenvalue weighted by Crippen LogP contribution is 2.33. The summed E-state index contributed by atoms with van der Waals surface area (Å²) in [6.45, 7) is 3.88. The predicted molar refractivity (Wildman–Crippen MR) is 89.6 cm³/mol. The van der Waals surface area contributed by atoms with Gasteiger partial charge in [-0.15, -0.1) is 0 Å². The summed E-state index contributed by atoms with van der Waals surface area (Å²) >= 11 is 0. The molecular weight excluding hydrogens is 290 g/mol. The van der Waals surface area contributed by atoms with E-state index in [-0.39, 0.29) is 11.9 Å². The number of hydrogen-bond donors (Lipinski definition) is 0. The lowest BCUT2D eigenvalue weighted by Gasteiger charge is -2.42. The molecule has 2 aromatic rings. The Morgan fingerprint density at radius 2 is 1.91 bits per heavy atom. The lowest BCUT2D eigenvalue weighted by Crippen LogP contribution is -2.50. The summed E-state index contributed by atoms with van der Waals surface area (Å²) in [5, 5.41) is 0. The van der Waals surface area contributed by atoms with E-state index in [2.05, 4.69) is 9.88 Å². The SMILES string of the molecule is COc1ccccc1[C@@H]1CN(c2ccncc2)CCN1C(C)=O. The molecule has 1 aliphatic heterocycles. The average Bonchev–Trinajstić information content (AvgIpc) is 2.61. The molecule has 0 N–H and O–H groups in total. The molecule has 1 amide bonds. The fourth-order valence-electron chi connectivity index (χ4n) is 3.16. The van der Waals surface area contributed by atoms with Crippen molar-refractivity contribution in [3.05, 3.63) is 54.4 Å². The van der Waals surface area contributed by atoms with Gasteiger partial charge in [-0.3, -0.25) is 9.78 Å². The number of nitrogens with zero attached hydrogens (tertiary/aromatic N) is 3. The van der Waals surface area contributed by atoms with Crippen LogP contribution in [0.25, 0.3) is 0 Å². The van der Waals surface area contributed by atoms with E-state index >= 15 is 0 Å². The fourth-order valence-corrected chi connectivity index (χ4v) is 3.16. The average molecular weight is 311 g/mol. The topological polar surface area (TPSA) is 45.7 Å². The molecule has 23 heavy (non-hydrogen) atoms. The number of pyridine rings is 1. The van der Waals surface area contributed by atoms with Gasteiger partial charge in [0.25, 0.3) is 0 Å². The summed E-state index contributed by atoms with van der Waals surface area (Å²) in [6.07, 6.45) is 3.59. The second-order valence-electron chi connectivity index (χ2n) is 5.62. The quantitative estimate of drug-likeness (QED) is 0.874. The van der Waals surface area contributed by atoms with E-state index in [9.17, 15) is 4.79 Å². The van der Waals surface area contributed by atoms with Crippen LogP contribution in [0.15, 0.2) is 48.8 Å². The molecule has 5 nitrogen and oxygen atoms in total. The number of ether oxygens (including phenoxy) is 1. The van der Waals surface area contributed by atoms with E-state index in [1.807, 2.05) is 41.3 Å². The standard InChI is InChI=1S/C18H21N3O2/c1-14(22)21-12-11-20(15-7-9-19-10-8-15)13-17(21)16-5-3-4-6-18(16)23-2/h3-10,17H,11-13H2,1-2H3/t17-/m0/s1. The van der Waals surface area contributed by atoms with Crippen molar-refractivity contribution < 1.29 is 9.53 Å². The summed E-state index contributed by atoms with van der Waals surface area (Å²) in [7, 11) is 1.67. The molecule has 1 atom stereocenters. The lowest BCUT2D eigenvalue weighted by molar-refractivity contribution is -0.131. The second-order valence-corrected chi connectivity index (χ2v) is 5.62. The van der Waals surface area contributed by atoms with Gasteiger partial charge in [0.05, 0.1) is 13.2 Å². The molecule has 0 spiro atoms. The van der Waals surface area contributed by atoms with Gasteiger partial charge in [-0.05, 0) is 18.2 Å². The van der Waals surface area contributed by atoms with Crippen molar-refractivity contribution in [3.8, 4) is 5.75 Å². The first-order chi connectivity index (χ1) is 11.2. The van der Waals surface area contributed by atoms with Crippen LogP contribution in [0.3, 0.4) is 0 Å². The molecule has 1 fully saturated rings. The molecule has 0 unspecified atom stereocenters. The van der Waals surface area contributed by atoms with Gasteiger partial charge in [-0.25, -0.2) is 0 Å². The van der Waals surface area contributed by atoms with E-state index in [0.717, 1.165) is 30.1 Å². The van der Waals surface area contributed by atoms with Crippen LogP contribution >= 0.6 is 0 Å². The van der Waals surface area contributed by atoms with Crippen LogP contribution in [-0.2, 0) is 4.79 Å². The molecular formula is C18H21N3O2. The van der Waals surface area contributed by atoms with Crippen LogP contribution < -0.4 is 9.64 Å². The molecule has 0 radical (unpaired) electrons. The van der Waals surface area contributed by atoms with Gasteiger partial charge in [-0.2, -0.15) is 0 Å². The number of amides is 1. The summed E-state index contributed by atoms with van der Waals surface area (Å²) in [6, 6.07) is 11.9. The highest BCUT2D eigenvalue weighted by molar-refractivity contribution is 5.74. The number of para-hydroxylation sites is 1. The highest BCUT2D eigenvalue weighted by Gasteiger charge is 2.31. The van der Waals surface area contributed by atoms with Gasteiger partial charge in [0.2, 0.25) is 5.91 Å². The summed E-state index contributed by atoms with van der Waals surface area (Å²) in [5.74, 6) is 0.913. The molecule has 1 aromatic carbocycles. The molecule has 5 heteroatoms. The molecule has 1 aliphatic rings. The Hall–Kier alpha value is -2.56. The molecule has 1 aromatic heterocycles. The number of hydrogen-bond acceptors (Lipinski definition) is 4. The third kappa shape index (κ3) is 3.13. The molecule has 2 heterocycles. The number of piperazine rings is 1. The number of anilines is 1. The molecule has 3 rings (SSSR count). The minimum atomic E-state index is -0.0226. The first kappa shape index (κ1) is 15.3. The van der Waals surface area contributed by atoms with Crippen molar-refractivity contribution in [1.29, 1.82) is 0 Å². The Morgan fingerprint density at radius 3 is 2.61 bits per heavy atom. The molecule has 120 valence electrons. The minimum absolute atomic E-state index is 0.0226. The van der Waals surface area contributed by atoms with E-state index in [1.54, 1.807) is 26.4 Å². The Bertz CT molecular complexity index is 675. The van der Waals surface area contributed by atoms with Gasteiger partial charge in [0, 0.05) is 50.2 Å². The third-order valence-electron chi connectivity index (χ3n) is 4.31. The molecule has 0 saturated carbocycles. The van der Waals surface area contributed by atoms with E-state index < -0.39 is 0 Å². The van der Waals surface area contributed by atoms with Crippen molar-refractivity contribution in [2.45, 2.75) is 13.0 Å². The molecule has 0 bridgehead atoms. The maximum atomic E-state index is 12.1. The zero-order valence-corrected chi connectivity index (χ0v) is 13.5. The minimum Gasteiger partial charge on any atom is -0.496 e. The van der Waals surface area contributed by atoms with Crippen LogP contribution in [0.4, 0.5) is 5.69 Å². The monoisotopic (exact) mass is 311 g/mol. The first-order valence-corrected chi connectivity index (χ1v) is 7.76. The number of carbonyl (C=O) groups excluding carboxylic acids is 1. The summed E-state index contributed by atoms with van der Waals surface area (Å²) in [5.41, 5.74) is 2.17. The number of benzene rings is 1. The summed E-state index contributed by atoms with van der Waals surface area (Å²) < 4.78 is 5.50. The highest BCUT2D eigenvalue weighted by atomic mass is 16.5. The third-order valence-corrected chi connectivity index (χ3v) is 4.31. The lowest BCUT2D eigenvalue weighted by atomic mass is 10.0. The van der Waals surface area contributed by atoms with Crippen molar-refractivity contribution in [2.24, 2.45) is 0 Å². The van der Waals surface area contributed by atoms with Crippen molar-refractivity contribution in [2.75, 3.05) is 31.6 Å². The predicted octanol–water partition coefficient (Wildman–Crippen LogP) is 2.50. The van der Waals surface area contributed by atoms with Gasteiger partial charge in [0.15, 0.2) is 0 Å². The van der Waals surface area contributed by atoms with Crippen LogP contribution in [0, 0.1) is 0 Å². The zero-order chi connectivity index (χ0) is 16.2. The van der Waals surface area contributed by atoms with Crippen LogP contribution in [0.5, 0.6) is 5.75 Å². The number of rotatable bonds is 3. The fraction of sp³-hybridized carbons (Fsp3) is 0.333. The van der Waals surface area contributed by atoms with Crippen molar-refractivity contribution in [3.63, 3.8) is 0 Å². The smallest absolute Gasteiger partial charge is 0.220 e. The normalized spacial score (nSPS) is 17.9.